The van der Waals surface area contributed by atoms with Crippen LogP contribution >= 0.6 is 0 Å². The van der Waals surface area contributed by atoms with Crippen molar-refractivity contribution in [1.82, 2.24) is 10.3 Å². The molecule has 2 heterocycles. The summed E-state index contributed by atoms with van der Waals surface area (Å²) in [5.74, 6) is -0.975. The minimum atomic E-state index is -0.526. The summed E-state index contributed by atoms with van der Waals surface area (Å²) >= 11 is 0. The molecular formula is C31H31FN4O. The van der Waals surface area contributed by atoms with E-state index in [2.05, 4.69) is 63.8 Å². The molecule has 1 saturated heterocycles. The van der Waals surface area contributed by atoms with Gasteiger partial charge in [-0.1, -0.05) is 36.4 Å². The highest BCUT2D eigenvalue weighted by Crippen LogP contribution is 2.28. The number of nitrogens with one attached hydrogen (secondary N) is 2. The normalized spacial score (nSPS) is 14.8. The molecule has 5 nitrogen and oxygen atoms in total. The van der Waals surface area contributed by atoms with Crippen molar-refractivity contribution in [1.29, 1.82) is 0 Å². The highest BCUT2D eigenvalue weighted by Gasteiger charge is 2.24. The summed E-state index contributed by atoms with van der Waals surface area (Å²) in [4.78, 5) is 19.0. The average Bonchev–Trinajstić information content (AvgIpc) is 2.94. The molecule has 188 valence electrons. The molecular weight excluding hydrogens is 463 g/mol. The number of hydrogen-bond acceptors (Lipinski definition) is 4. The van der Waals surface area contributed by atoms with Gasteiger partial charge in [0.1, 0.15) is 5.82 Å². The third-order valence-electron chi connectivity index (χ3n) is 7.05. The number of carbonyl (C=O) groups excluding carboxylic acids is 1. The highest BCUT2D eigenvalue weighted by molar-refractivity contribution is 6.04. The summed E-state index contributed by atoms with van der Waals surface area (Å²) in [6, 6.07) is 27.0. The topological polar surface area (TPSA) is 57.3 Å². The molecule has 0 radical (unpaired) electrons. The van der Waals surface area contributed by atoms with Crippen LogP contribution in [0.2, 0.25) is 0 Å². The van der Waals surface area contributed by atoms with E-state index in [1.807, 2.05) is 36.7 Å². The lowest BCUT2D eigenvalue weighted by Gasteiger charge is -2.36. The third kappa shape index (κ3) is 5.87. The zero-order chi connectivity index (χ0) is 25.6. The number of nitrogens with zero attached hydrogens (tertiary/aromatic N) is 2. The van der Waals surface area contributed by atoms with Crippen molar-refractivity contribution in [3.63, 3.8) is 0 Å². The SMILES string of the molecule is Cc1ccccc1[C@H](NC1CCN(c2ccc(NC(=O)c3ccccc3F)cc2)CC1)c1ccncc1. The van der Waals surface area contributed by atoms with Crippen LogP contribution in [0, 0.1) is 12.7 Å². The van der Waals surface area contributed by atoms with Gasteiger partial charge in [0.25, 0.3) is 5.91 Å². The molecule has 0 unspecified atom stereocenters. The van der Waals surface area contributed by atoms with Crippen molar-refractivity contribution in [2.75, 3.05) is 23.3 Å². The molecule has 1 aromatic heterocycles. The van der Waals surface area contributed by atoms with Crippen molar-refractivity contribution >= 4 is 17.3 Å². The average molecular weight is 495 g/mol. The molecule has 0 saturated carbocycles. The molecule has 2 N–H and O–H groups in total. The Morgan fingerprint density at radius 1 is 0.919 bits per heavy atom. The fourth-order valence-electron chi connectivity index (χ4n) is 4.97. The van der Waals surface area contributed by atoms with Crippen molar-refractivity contribution in [3.8, 4) is 0 Å². The minimum Gasteiger partial charge on any atom is -0.371 e. The zero-order valence-corrected chi connectivity index (χ0v) is 20.9. The van der Waals surface area contributed by atoms with Gasteiger partial charge >= 0.3 is 0 Å². The summed E-state index contributed by atoms with van der Waals surface area (Å²) in [6.07, 6.45) is 5.76. The number of rotatable bonds is 7. The summed E-state index contributed by atoms with van der Waals surface area (Å²) in [7, 11) is 0. The van der Waals surface area contributed by atoms with Gasteiger partial charge in [0.05, 0.1) is 11.6 Å². The van der Waals surface area contributed by atoms with Crippen LogP contribution in [0.15, 0.2) is 97.3 Å². The molecule has 0 spiro atoms. The van der Waals surface area contributed by atoms with Gasteiger partial charge < -0.3 is 15.5 Å². The molecule has 1 amide bonds. The van der Waals surface area contributed by atoms with Gasteiger partial charge in [0, 0.05) is 42.9 Å². The van der Waals surface area contributed by atoms with Gasteiger partial charge in [-0.15, -0.1) is 0 Å². The number of hydrogen-bond donors (Lipinski definition) is 2. The smallest absolute Gasteiger partial charge is 0.258 e. The molecule has 6 heteroatoms. The molecule has 1 fully saturated rings. The number of anilines is 2. The highest BCUT2D eigenvalue weighted by atomic mass is 19.1. The predicted octanol–water partition coefficient (Wildman–Crippen LogP) is 6.13. The monoisotopic (exact) mass is 494 g/mol. The minimum absolute atomic E-state index is 0.0388. The second kappa shape index (κ2) is 11.4. The molecule has 0 bridgehead atoms. The fourth-order valence-corrected chi connectivity index (χ4v) is 4.97. The largest absolute Gasteiger partial charge is 0.371 e. The van der Waals surface area contributed by atoms with Crippen LogP contribution in [0.3, 0.4) is 0 Å². The number of amides is 1. The summed E-state index contributed by atoms with van der Waals surface area (Å²) in [5.41, 5.74) is 5.59. The van der Waals surface area contributed by atoms with Crippen LogP contribution in [0.1, 0.15) is 45.9 Å². The van der Waals surface area contributed by atoms with Gasteiger partial charge in [-0.3, -0.25) is 9.78 Å². The Hall–Kier alpha value is -4.03. The van der Waals surface area contributed by atoms with E-state index in [9.17, 15) is 9.18 Å². The van der Waals surface area contributed by atoms with Crippen LogP contribution in [-0.2, 0) is 0 Å². The summed E-state index contributed by atoms with van der Waals surface area (Å²) in [6.45, 7) is 4.04. The Labute approximate surface area is 217 Å². The first kappa shape index (κ1) is 24.7. The third-order valence-corrected chi connectivity index (χ3v) is 7.05. The van der Waals surface area contributed by atoms with Gasteiger partial charge in [-0.2, -0.15) is 0 Å². The van der Waals surface area contributed by atoms with Crippen molar-refractivity contribution in [2.45, 2.75) is 31.8 Å². The van der Waals surface area contributed by atoms with E-state index in [4.69, 9.17) is 0 Å². The van der Waals surface area contributed by atoms with Crippen LogP contribution in [0.25, 0.3) is 0 Å². The molecule has 1 atom stereocenters. The first-order chi connectivity index (χ1) is 18.1. The molecule has 5 rings (SSSR count). The lowest BCUT2D eigenvalue weighted by molar-refractivity contribution is 0.102. The maximum Gasteiger partial charge on any atom is 0.258 e. The first-order valence-corrected chi connectivity index (χ1v) is 12.7. The second-order valence-electron chi connectivity index (χ2n) is 9.48. The van der Waals surface area contributed by atoms with Crippen LogP contribution in [-0.4, -0.2) is 30.0 Å². The van der Waals surface area contributed by atoms with Crippen molar-refractivity contribution < 1.29 is 9.18 Å². The predicted molar refractivity (Wildman–Crippen MR) is 146 cm³/mol. The van der Waals surface area contributed by atoms with E-state index < -0.39 is 11.7 Å². The van der Waals surface area contributed by atoms with E-state index in [1.54, 1.807) is 12.1 Å². The number of piperidine rings is 1. The van der Waals surface area contributed by atoms with Gasteiger partial charge in [-0.25, -0.2) is 4.39 Å². The standard InChI is InChI=1S/C31H31FN4O/c1-22-6-2-3-7-27(22)30(23-14-18-33-19-15-23)34-25-16-20-36(21-17-25)26-12-10-24(11-13-26)35-31(37)28-8-4-5-9-29(28)32/h2-15,18-19,25,30,34H,16-17,20-21H2,1H3,(H,35,37)/t30-/m1/s1. The van der Waals surface area contributed by atoms with Gasteiger partial charge in [0.2, 0.25) is 0 Å². The Morgan fingerprint density at radius 2 is 1.59 bits per heavy atom. The zero-order valence-electron chi connectivity index (χ0n) is 20.9. The molecule has 3 aromatic carbocycles. The molecule has 1 aliphatic rings. The van der Waals surface area contributed by atoms with E-state index in [0.29, 0.717) is 11.7 Å². The number of aromatic nitrogens is 1. The Balaban J connectivity index is 1.21. The van der Waals surface area contributed by atoms with Crippen molar-refractivity contribution in [3.05, 3.63) is 125 Å². The molecule has 4 aromatic rings. The summed E-state index contributed by atoms with van der Waals surface area (Å²) in [5, 5.41) is 6.70. The number of pyridine rings is 1. The molecule has 37 heavy (non-hydrogen) atoms. The number of aryl methyl sites for hydroxylation is 1. The van der Waals surface area contributed by atoms with Crippen molar-refractivity contribution in [2.24, 2.45) is 0 Å². The first-order valence-electron chi connectivity index (χ1n) is 12.7. The van der Waals surface area contributed by atoms with Crippen LogP contribution in [0.4, 0.5) is 15.8 Å². The van der Waals surface area contributed by atoms with E-state index in [1.165, 1.54) is 28.8 Å². The second-order valence-corrected chi connectivity index (χ2v) is 9.48. The number of halogens is 1. The lowest BCUT2D eigenvalue weighted by atomic mass is 9.93. The van der Waals surface area contributed by atoms with E-state index in [0.717, 1.165) is 31.6 Å². The lowest BCUT2D eigenvalue weighted by Crippen LogP contribution is -2.44. The number of benzene rings is 3. The quantitative estimate of drug-likeness (QED) is 0.325. The number of carbonyl (C=O) groups is 1. The van der Waals surface area contributed by atoms with E-state index >= 15 is 0 Å². The maximum absolute atomic E-state index is 13.9. The Kier molecular flexibility index (Phi) is 7.57. The summed E-state index contributed by atoms with van der Waals surface area (Å²) < 4.78 is 13.9. The van der Waals surface area contributed by atoms with Gasteiger partial charge in [0.15, 0.2) is 0 Å². The Morgan fingerprint density at radius 3 is 2.30 bits per heavy atom. The Bertz CT molecular complexity index is 1330. The molecule has 1 aliphatic heterocycles. The molecule has 0 aliphatic carbocycles. The van der Waals surface area contributed by atoms with Crippen LogP contribution < -0.4 is 15.5 Å². The maximum atomic E-state index is 13.9. The van der Waals surface area contributed by atoms with E-state index in [-0.39, 0.29) is 11.6 Å². The van der Waals surface area contributed by atoms with Gasteiger partial charge in [-0.05, 0) is 85.0 Å². The fraction of sp³-hybridized carbons (Fsp3) is 0.226. The van der Waals surface area contributed by atoms with Crippen LogP contribution in [0.5, 0.6) is 0 Å².